The van der Waals surface area contributed by atoms with Crippen molar-refractivity contribution in [2.24, 2.45) is 5.92 Å². The maximum absolute atomic E-state index is 13.5. The molecule has 0 bridgehead atoms. The molecule has 9 heteroatoms. The molecule has 176 valence electrons. The Kier molecular flexibility index (Phi) is 6.31. The third kappa shape index (κ3) is 4.54. The first-order chi connectivity index (χ1) is 16.4. The summed E-state index contributed by atoms with van der Waals surface area (Å²) in [4.78, 5) is 13.5. The number of carbonyl (C=O) groups excluding carboxylic acids is 1. The second-order valence-electron chi connectivity index (χ2n) is 8.50. The van der Waals surface area contributed by atoms with Crippen LogP contribution in [0.1, 0.15) is 29.6 Å². The fourth-order valence-corrected chi connectivity index (χ4v) is 7.18. The summed E-state index contributed by atoms with van der Waals surface area (Å²) in [5, 5.41) is 9.38. The van der Waals surface area contributed by atoms with Gasteiger partial charge < -0.3 is 8.98 Å². The lowest BCUT2D eigenvalue weighted by molar-refractivity contribution is 0.102. The highest BCUT2D eigenvalue weighted by Gasteiger charge is 2.29. The van der Waals surface area contributed by atoms with Crippen LogP contribution in [0.5, 0.6) is 0 Å². The van der Waals surface area contributed by atoms with Crippen molar-refractivity contribution in [1.29, 1.82) is 0 Å². The molecule has 0 spiro atoms. The Morgan fingerprint density at radius 1 is 1.12 bits per heavy atom. The van der Waals surface area contributed by atoms with E-state index in [1.54, 1.807) is 0 Å². The Balaban J connectivity index is 1.38. The summed E-state index contributed by atoms with van der Waals surface area (Å²) in [6.07, 6.45) is 1.07. The molecule has 0 amide bonds. The predicted octanol–water partition coefficient (Wildman–Crippen LogP) is 4.66. The molecule has 0 aliphatic carbocycles. The van der Waals surface area contributed by atoms with Crippen molar-refractivity contribution < 1.29 is 17.6 Å². The summed E-state index contributed by atoms with van der Waals surface area (Å²) in [5.74, 6) is 0.978. The molecule has 4 aromatic rings. The Labute approximate surface area is 202 Å². The zero-order valence-electron chi connectivity index (χ0n) is 18.8. The number of thioether (sulfide) groups is 1. The minimum absolute atomic E-state index is 0.00566. The number of rotatable bonds is 8. The molecule has 0 radical (unpaired) electrons. The lowest BCUT2D eigenvalue weighted by atomic mass is 10.0. The van der Waals surface area contributed by atoms with Crippen LogP contribution in [0.25, 0.3) is 22.2 Å². The number of hydrogen-bond donors (Lipinski definition) is 0. The largest absolute Gasteiger partial charge is 0.416 e. The summed E-state index contributed by atoms with van der Waals surface area (Å²) in [6, 6.07) is 18.0. The van der Waals surface area contributed by atoms with Crippen LogP contribution >= 0.6 is 11.8 Å². The Morgan fingerprint density at radius 3 is 2.62 bits per heavy atom. The number of nitrogens with zero attached hydrogens (tertiary/aromatic N) is 3. The van der Waals surface area contributed by atoms with Crippen molar-refractivity contribution >= 4 is 38.3 Å². The van der Waals surface area contributed by atoms with E-state index in [0.29, 0.717) is 29.5 Å². The van der Waals surface area contributed by atoms with Crippen LogP contribution in [-0.4, -0.2) is 46.2 Å². The summed E-state index contributed by atoms with van der Waals surface area (Å²) in [7, 11) is -2.95. The van der Waals surface area contributed by atoms with Gasteiger partial charge in [0, 0.05) is 23.9 Å². The highest BCUT2D eigenvalue weighted by Crippen LogP contribution is 2.35. The highest BCUT2D eigenvalue weighted by molar-refractivity contribution is 7.99. The number of aryl methyl sites for hydroxylation is 1. The number of hydrogen-bond acceptors (Lipinski definition) is 7. The van der Waals surface area contributed by atoms with Crippen LogP contribution in [0.2, 0.25) is 0 Å². The first-order valence-electron chi connectivity index (χ1n) is 11.3. The summed E-state index contributed by atoms with van der Waals surface area (Å²) < 4.78 is 31.3. The fourth-order valence-electron chi connectivity index (χ4n) is 4.67. The Hall–Kier alpha value is -2.91. The average Bonchev–Trinajstić information content (AvgIpc) is 3.53. The van der Waals surface area contributed by atoms with Gasteiger partial charge in [0.25, 0.3) is 5.22 Å². The number of fused-ring (bicyclic) bond motifs is 1. The quantitative estimate of drug-likeness (QED) is 0.259. The monoisotopic (exact) mass is 495 g/mol. The van der Waals surface area contributed by atoms with E-state index in [-0.39, 0.29) is 29.0 Å². The number of para-hydroxylation sites is 1. The van der Waals surface area contributed by atoms with Gasteiger partial charge in [0.1, 0.15) is 0 Å². The third-order valence-corrected chi connectivity index (χ3v) is 8.83. The highest BCUT2D eigenvalue weighted by atomic mass is 32.2. The smallest absolute Gasteiger partial charge is 0.277 e. The average molecular weight is 496 g/mol. The van der Waals surface area contributed by atoms with Crippen molar-refractivity contribution in [1.82, 2.24) is 14.8 Å². The van der Waals surface area contributed by atoms with Gasteiger partial charge in [-0.2, -0.15) is 0 Å². The first kappa shape index (κ1) is 22.9. The van der Waals surface area contributed by atoms with Crippen molar-refractivity contribution in [2.45, 2.75) is 31.5 Å². The van der Waals surface area contributed by atoms with Crippen molar-refractivity contribution in [2.75, 3.05) is 17.3 Å². The molecule has 1 fully saturated rings. The molecular weight excluding hydrogens is 470 g/mol. The minimum atomic E-state index is -2.95. The molecule has 0 saturated carbocycles. The second-order valence-corrected chi connectivity index (χ2v) is 11.7. The first-order valence-corrected chi connectivity index (χ1v) is 14.1. The van der Waals surface area contributed by atoms with E-state index in [0.717, 1.165) is 28.7 Å². The normalized spacial score (nSPS) is 17.4. The number of benzene rings is 2. The predicted molar refractivity (Wildman–Crippen MR) is 133 cm³/mol. The molecule has 34 heavy (non-hydrogen) atoms. The van der Waals surface area contributed by atoms with E-state index in [1.807, 2.05) is 54.6 Å². The minimum Gasteiger partial charge on any atom is -0.416 e. The number of sulfone groups is 1. The number of carbonyl (C=O) groups is 1. The molecule has 1 atom stereocenters. The van der Waals surface area contributed by atoms with Gasteiger partial charge in [-0.1, -0.05) is 60.3 Å². The zero-order valence-corrected chi connectivity index (χ0v) is 20.4. The van der Waals surface area contributed by atoms with Gasteiger partial charge in [-0.05, 0) is 30.9 Å². The van der Waals surface area contributed by atoms with Gasteiger partial charge in [0.05, 0.1) is 28.5 Å². The molecule has 2 aromatic carbocycles. The molecule has 0 unspecified atom stereocenters. The maximum Gasteiger partial charge on any atom is 0.277 e. The Bertz CT molecular complexity index is 1440. The zero-order chi connectivity index (χ0) is 23.7. The van der Waals surface area contributed by atoms with Gasteiger partial charge >= 0.3 is 0 Å². The molecule has 1 aliphatic heterocycles. The Morgan fingerprint density at radius 2 is 1.88 bits per heavy atom. The standard InChI is InChI=1S/C25H25N3O4S2/c1-2-28-20-11-7-6-10-19(20)23(24(28)18-8-4-3-5-9-18)21(29)15-33-25-27-26-22(32-25)14-17-12-13-34(30,31)16-17/h3-11,17H,2,12-16H2,1H3/t17-/m0/s1. The summed E-state index contributed by atoms with van der Waals surface area (Å²) in [6.45, 7) is 2.83. The van der Waals surface area contributed by atoms with E-state index < -0.39 is 9.84 Å². The van der Waals surface area contributed by atoms with Crippen LogP contribution in [0.3, 0.4) is 0 Å². The van der Waals surface area contributed by atoms with Gasteiger partial charge in [-0.3, -0.25) is 4.79 Å². The van der Waals surface area contributed by atoms with Gasteiger partial charge in [0.15, 0.2) is 15.6 Å². The van der Waals surface area contributed by atoms with Crippen LogP contribution in [0.15, 0.2) is 64.2 Å². The number of ketones is 1. The molecule has 7 nitrogen and oxygen atoms in total. The molecule has 0 N–H and O–H groups in total. The number of aromatic nitrogens is 3. The SMILES string of the molecule is CCn1c(-c2ccccc2)c(C(=O)CSc2nnc(C[C@@H]3CCS(=O)(=O)C3)o2)c2ccccc21. The molecule has 2 aromatic heterocycles. The van der Waals surface area contributed by atoms with Crippen LogP contribution in [0, 0.1) is 5.92 Å². The molecule has 5 rings (SSSR count). The topological polar surface area (TPSA) is 95.1 Å². The van der Waals surface area contributed by atoms with Gasteiger partial charge in [-0.15, -0.1) is 10.2 Å². The molecule has 1 aliphatic rings. The molecular formula is C25H25N3O4S2. The van der Waals surface area contributed by atoms with Gasteiger partial charge in [0.2, 0.25) is 5.89 Å². The lowest BCUT2D eigenvalue weighted by Crippen LogP contribution is -2.07. The van der Waals surface area contributed by atoms with E-state index >= 15 is 0 Å². The van der Waals surface area contributed by atoms with E-state index in [1.165, 1.54) is 11.8 Å². The lowest BCUT2D eigenvalue weighted by Gasteiger charge is -2.10. The fraction of sp³-hybridized carbons (Fsp3) is 0.320. The van der Waals surface area contributed by atoms with Crippen LogP contribution in [-0.2, 0) is 22.8 Å². The van der Waals surface area contributed by atoms with Crippen molar-refractivity contribution in [3.05, 3.63) is 66.1 Å². The van der Waals surface area contributed by atoms with Crippen molar-refractivity contribution in [3.8, 4) is 11.3 Å². The van der Waals surface area contributed by atoms with E-state index in [2.05, 4.69) is 21.7 Å². The van der Waals surface area contributed by atoms with Crippen LogP contribution in [0.4, 0.5) is 0 Å². The molecule has 3 heterocycles. The summed E-state index contributed by atoms with van der Waals surface area (Å²) in [5.41, 5.74) is 3.65. The second kappa shape index (κ2) is 9.38. The van der Waals surface area contributed by atoms with Crippen molar-refractivity contribution in [3.63, 3.8) is 0 Å². The molecule has 1 saturated heterocycles. The third-order valence-electron chi connectivity index (χ3n) is 6.18. The summed E-state index contributed by atoms with van der Waals surface area (Å²) >= 11 is 1.21. The van der Waals surface area contributed by atoms with Crippen LogP contribution < -0.4 is 0 Å². The van der Waals surface area contributed by atoms with Gasteiger partial charge in [-0.25, -0.2) is 8.42 Å². The maximum atomic E-state index is 13.5. The number of Topliss-reactive ketones (excluding diaryl/α,β-unsaturated/α-hetero) is 1. The van der Waals surface area contributed by atoms with E-state index in [9.17, 15) is 13.2 Å². The van der Waals surface area contributed by atoms with E-state index in [4.69, 9.17) is 4.42 Å².